The molecule has 0 N–H and O–H groups in total. The Hall–Kier alpha value is -1.81. The van der Waals surface area contributed by atoms with Crippen LogP contribution in [0.2, 0.25) is 5.02 Å². The van der Waals surface area contributed by atoms with Crippen molar-refractivity contribution in [3.63, 3.8) is 0 Å². The van der Waals surface area contributed by atoms with E-state index in [9.17, 15) is 4.79 Å². The number of hydrogen-bond acceptors (Lipinski definition) is 2. The Balaban J connectivity index is 2.41. The van der Waals surface area contributed by atoms with E-state index >= 15 is 0 Å². The molecule has 1 aromatic carbocycles. The van der Waals surface area contributed by atoms with Gasteiger partial charge in [0.25, 0.3) is 0 Å². The molecule has 5 heteroatoms. The van der Waals surface area contributed by atoms with Gasteiger partial charge in [0.2, 0.25) is 0 Å². The van der Waals surface area contributed by atoms with Crippen LogP contribution in [0.25, 0.3) is 21.9 Å². The van der Waals surface area contributed by atoms with Gasteiger partial charge in [-0.2, -0.15) is 0 Å². The second kappa shape index (κ2) is 5.76. The maximum atomic E-state index is 12.5. The van der Waals surface area contributed by atoms with Gasteiger partial charge >= 0.3 is 5.69 Å². The van der Waals surface area contributed by atoms with Gasteiger partial charge in [-0.15, -0.1) is 0 Å². The monoisotopic (exact) mass is 317 g/mol. The predicted octanol–water partition coefficient (Wildman–Crippen LogP) is 4.00. The molecule has 0 saturated heterocycles. The van der Waals surface area contributed by atoms with Gasteiger partial charge in [0.05, 0.1) is 21.6 Å². The molecule has 0 atom stereocenters. The molecular formula is C17H20ClN3O. The molecule has 0 fully saturated rings. The number of imidazole rings is 1. The normalized spacial score (nSPS) is 11.6. The number of hydrogen-bond donors (Lipinski definition) is 0. The van der Waals surface area contributed by atoms with E-state index in [1.54, 1.807) is 9.13 Å². The molecule has 0 spiro atoms. The highest BCUT2D eigenvalue weighted by atomic mass is 35.5. The molecule has 0 amide bonds. The standard InChI is InChI=1S/C17H20ClN3O/c1-4-7-11-8-13(18)12-9-15-16(10-14(12)19-11)21(6-3)17(22)20(15)5-2/h8-10H,4-7H2,1-3H3. The molecule has 3 rings (SSSR count). The van der Waals surface area contributed by atoms with Crippen LogP contribution in [0.5, 0.6) is 0 Å². The molecule has 0 unspecified atom stereocenters. The summed E-state index contributed by atoms with van der Waals surface area (Å²) >= 11 is 6.44. The molecule has 116 valence electrons. The van der Waals surface area contributed by atoms with Crippen molar-refractivity contribution in [1.82, 2.24) is 14.1 Å². The van der Waals surface area contributed by atoms with Crippen LogP contribution >= 0.6 is 11.6 Å². The van der Waals surface area contributed by atoms with Gasteiger partial charge in [0.15, 0.2) is 0 Å². The second-order valence-electron chi connectivity index (χ2n) is 5.47. The van der Waals surface area contributed by atoms with Crippen molar-refractivity contribution in [2.24, 2.45) is 0 Å². The Morgan fingerprint density at radius 3 is 2.27 bits per heavy atom. The highest BCUT2D eigenvalue weighted by molar-refractivity contribution is 6.35. The van der Waals surface area contributed by atoms with Crippen LogP contribution in [0.4, 0.5) is 0 Å². The molecule has 3 aromatic rings. The summed E-state index contributed by atoms with van der Waals surface area (Å²) in [4.78, 5) is 17.2. The lowest BCUT2D eigenvalue weighted by Crippen LogP contribution is -2.22. The minimum absolute atomic E-state index is 0.0280. The third kappa shape index (κ3) is 2.22. The third-order valence-electron chi connectivity index (χ3n) is 4.09. The number of halogens is 1. The fraction of sp³-hybridized carbons (Fsp3) is 0.412. The maximum absolute atomic E-state index is 12.5. The van der Waals surface area contributed by atoms with E-state index in [0.29, 0.717) is 18.1 Å². The lowest BCUT2D eigenvalue weighted by Gasteiger charge is -2.06. The zero-order chi connectivity index (χ0) is 15.9. The molecule has 0 bridgehead atoms. The number of rotatable bonds is 4. The zero-order valence-corrected chi connectivity index (χ0v) is 13.9. The minimum Gasteiger partial charge on any atom is -0.292 e. The summed E-state index contributed by atoms with van der Waals surface area (Å²) in [5.41, 5.74) is 3.74. The van der Waals surface area contributed by atoms with E-state index in [1.165, 1.54) is 0 Å². The Morgan fingerprint density at radius 2 is 1.68 bits per heavy atom. The first-order chi connectivity index (χ1) is 10.6. The number of benzene rings is 1. The highest BCUT2D eigenvalue weighted by Crippen LogP contribution is 2.28. The summed E-state index contributed by atoms with van der Waals surface area (Å²) in [6.45, 7) is 7.39. The number of pyridine rings is 1. The summed E-state index contributed by atoms with van der Waals surface area (Å²) in [6.07, 6.45) is 1.94. The maximum Gasteiger partial charge on any atom is 0.329 e. The van der Waals surface area contributed by atoms with Gasteiger partial charge in [-0.1, -0.05) is 24.9 Å². The Morgan fingerprint density at radius 1 is 1.05 bits per heavy atom. The topological polar surface area (TPSA) is 39.8 Å². The average molecular weight is 318 g/mol. The van der Waals surface area contributed by atoms with Crippen LogP contribution in [-0.4, -0.2) is 14.1 Å². The summed E-state index contributed by atoms with van der Waals surface area (Å²) in [5, 5.41) is 1.61. The summed E-state index contributed by atoms with van der Waals surface area (Å²) in [7, 11) is 0. The molecule has 0 radical (unpaired) electrons. The molecular weight excluding hydrogens is 298 g/mol. The second-order valence-corrected chi connectivity index (χ2v) is 5.88. The largest absolute Gasteiger partial charge is 0.329 e. The van der Waals surface area contributed by atoms with Gasteiger partial charge in [-0.3, -0.25) is 14.1 Å². The van der Waals surface area contributed by atoms with Crippen molar-refractivity contribution in [2.75, 3.05) is 0 Å². The summed E-state index contributed by atoms with van der Waals surface area (Å²) in [6, 6.07) is 5.92. The van der Waals surface area contributed by atoms with Crippen LogP contribution < -0.4 is 5.69 Å². The summed E-state index contributed by atoms with van der Waals surface area (Å²) < 4.78 is 3.58. The van der Waals surface area contributed by atoms with Crippen molar-refractivity contribution in [1.29, 1.82) is 0 Å². The molecule has 22 heavy (non-hydrogen) atoms. The lowest BCUT2D eigenvalue weighted by atomic mass is 10.1. The van der Waals surface area contributed by atoms with Crippen molar-refractivity contribution < 1.29 is 0 Å². The van der Waals surface area contributed by atoms with Gasteiger partial charge in [-0.05, 0) is 38.5 Å². The smallest absolute Gasteiger partial charge is 0.292 e. The van der Waals surface area contributed by atoms with Crippen LogP contribution in [0, 0.1) is 0 Å². The number of fused-ring (bicyclic) bond motifs is 2. The van der Waals surface area contributed by atoms with Crippen LogP contribution in [0.15, 0.2) is 23.0 Å². The van der Waals surface area contributed by atoms with E-state index in [2.05, 4.69) is 6.92 Å². The Bertz CT molecular complexity index is 908. The van der Waals surface area contributed by atoms with Gasteiger partial charge < -0.3 is 0 Å². The lowest BCUT2D eigenvalue weighted by molar-refractivity contribution is 0.671. The van der Waals surface area contributed by atoms with Gasteiger partial charge in [0, 0.05) is 24.2 Å². The Kier molecular flexibility index (Phi) is 3.96. The number of aryl methyl sites for hydroxylation is 3. The Labute approximate surface area is 134 Å². The molecule has 2 heterocycles. The van der Waals surface area contributed by atoms with Gasteiger partial charge in [-0.25, -0.2) is 4.79 Å². The van der Waals surface area contributed by atoms with E-state index < -0.39 is 0 Å². The van der Waals surface area contributed by atoms with E-state index in [1.807, 2.05) is 32.0 Å². The van der Waals surface area contributed by atoms with Crippen LogP contribution in [0.3, 0.4) is 0 Å². The first-order valence-electron chi connectivity index (χ1n) is 7.82. The third-order valence-corrected chi connectivity index (χ3v) is 4.40. The SMILES string of the molecule is CCCc1cc(Cl)c2cc3c(cc2n1)n(CC)c(=O)n3CC. The molecule has 0 saturated carbocycles. The fourth-order valence-electron chi connectivity index (χ4n) is 3.04. The fourth-order valence-corrected chi connectivity index (χ4v) is 3.32. The molecule has 0 aliphatic heterocycles. The van der Waals surface area contributed by atoms with Crippen molar-refractivity contribution in [3.05, 3.63) is 39.4 Å². The minimum atomic E-state index is 0.0280. The van der Waals surface area contributed by atoms with Gasteiger partial charge in [0.1, 0.15) is 0 Å². The molecule has 4 nitrogen and oxygen atoms in total. The van der Waals surface area contributed by atoms with Crippen molar-refractivity contribution >= 4 is 33.5 Å². The highest BCUT2D eigenvalue weighted by Gasteiger charge is 2.14. The average Bonchev–Trinajstić information content (AvgIpc) is 2.76. The molecule has 0 aliphatic rings. The molecule has 0 aliphatic carbocycles. The van der Waals surface area contributed by atoms with Crippen molar-refractivity contribution in [2.45, 2.75) is 46.7 Å². The predicted molar refractivity (Wildman–Crippen MR) is 91.9 cm³/mol. The van der Waals surface area contributed by atoms with Crippen LogP contribution in [-0.2, 0) is 19.5 Å². The van der Waals surface area contributed by atoms with E-state index in [-0.39, 0.29) is 5.69 Å². The quantitative estimate of drug-likeness (QED) is 0.729. The van der Waals surface area contributed by atoms with Crippen molar-refractivity contribution in [3.8, 4) is 0 Å². The first kappa shape index (κ1) is 15.1. The van der Waals surface area contributed by atoms with Crippen LogP contribution in [0.1, 0.15) is 32.9 Å². The van der Waals surface area contributed by atoms with E-state index in [0.717, 1.165) is 40.5 Å². The zero-order valence-electron chi connectivity index (χ0n) is 13.2. The number of nitrogens with zero attached hydrogens (tertiary/aromatic N) is 3. The number of aromatic nitrogens is 3. The first-order valence-corrected chi connectivity index (χ1v) is 8.20. The van der Waals surface area contributed by atoms with E-state index in [4.69, 9.17) is 16.6 Å². The summed E-state index contributed by atoms with van der Waals surface area (Å²) in [5.74, 6) is 0. The molecule has 2 aromatic heterocycles.